The van der Waals surface area contributed by atoms with Crippen molar-refractivity contribution in [3.05, 3.63) is 17.8 Å². The summed E-state index contributed by atoms with van der Waals surface area (Å²) in [6, 6.07) is 0.607. The molecular formula is C10H17N3O. The number of oxazole rings is 1. The smallest absolute Gasteiger partial charge is 0.211 e. The molecule has 1 saturated heterocycles. The molecule has 0 aliphatic carbocycles. The van der Waals surface area contributed by atoms with Gasteiger partial charge in [-0.2, -0.15) is 0 Å². The van der Waals surface area contributed by atoms with Crippen LogP contribution in [-0.4, -0.2) is 29.5 Å². The lowest BCUT2D eigenvalue weighted by atomic mass is 9.99. The molecule has 2 unspecified atom stereocenters. The van der Waals surface area contributed by atoms with Crippen LogP contribution >= 0.6 is 0 Å². The van der Waals surface area contributed by atoms with Gasteiger partial charge in [0.05, 0.1) is 11.7 Å². The highest BCUT2D eigenvalue weighted by Crippen LogP contribution is 2.28. The Bertz CT molecular complexity index is 310. The van der Waals surface area contributed by atoms with Crippen LogP contribution < -0.4 is 5.73 Å². The normalized spacial score (nSPS) is 29.4. The summed E-state index contributed by atoms with van der Waals surface area (Å²) in [5.41, 5.74) is 6.83. The minimum atomic E-state index is 0.298. The van der Waals surface area contributed by atoms with Crippen molar-refractivity contribution in [2.24, 2.45) is 5.73 Å². The first-order chi connectivity index (χ1) is 6.66. The molecule has 14 heavy (non-hydrogen) atoms. The van der Waals surface area contributed by atoms with Crippen LogP contribution in [0.3, 0.4) is 0 Å². The monoisotopic (exact) mass is 195 g/mol. The molecule has 1 aromatic heterocycles. The first-order valence-corrected chi connectivity index (χ1v) is 5.04. The minimum absolute atomic E-state index is 0.298. The highest BCUT2D eigenvalue weighted by molar-refractivity contribution is 5.00. The van der Waals surface area contributed by atoms with Gasteiger partial charge in [0.15, 0.2) is 0 Å². The van der Waals surface area contributed by atoms with Gasteiger partial charge in [0.1, 0.15) is 6.26 Å². The summed E-state index contributed by atoms with van der Waals surface area (Å²) in [6.45, 7) is 2.87. The number of rotatable bonds is 1. The Balaban J connectivity index is 2.11. The first kappa shape index (κ1) is 9.68. The Morgan fingerprint density at radius 3 is 2.93 bits per heavy atom. The van der Waals surface area contributed by atoms with E-state index < -0.39 is 0 Å². The second kappa shape index (κ2) is 3.71. The number of hydrogen-bond donors (Lipinski definition) is 1. The average Bonchev–Trinajstić information content (AvgIpc) is 2.51. The van der Waals surface area contributed by atoms with Crippen LogP contribution in [0, 0.1) is 6.92 Å². The standard InChI is InChI=1S/C10H17N3O/c1-7-6-14-10(12-7)9-4-3-8(11)5-13(9)2/h6,8-9H,3-5,11H2,1-2H3. The summed E-state index contributed by atoms with van der Waals surface area (Å²) in [6.07, 6.45) is 3.80. The molecule has 0 aromatic carbocycles. The molecule has 1 aromatic rings. The maximum atomic E-state index is 5.88. The highest BCUT2D eigenvalue weighted by atomic mass is 16.3. The fourth-order valence-electron chi connectivity index (χ4n) is 2.02. The van der Waals surface area contributed by atoms with E-state index in [0.29, 0.717) is 12.1 Å². The van der Waals surface area contributed by atoms with E-state index in [1.807, 2.05) is 6.92 Å². The molecule has 0 amide bonds. The van der Waals surface area contributed by atoms with Crippen LogP contribution in [-0.2, 0) is 0 Å². The largest absolute Gasteiger partial charge is 0.447 e. The van der Waals surface area contributed by atoms with Gasteiger partial charge in [-0.1, -0.05) is 0 Å². The molecule has 0 saturated carbocycles. The molecule has 2 N–H and O–H groups in total. The Kier molecular flexibility index (Phi) is 2.56. The van der Waals surface area contributed by atoms with E-state index in [9.17, 15) is 0 Å². The number of hydrogen-bond acceptors (Lipinski definition) is 4. The highest BCUT2D eigenvalue weighted by Gasteiger charge is 2.27. The molecule has 1 fully saturated rings. The van der Waals surface area contributed by atoms with E-state index in [4.69, 9.17) is 10.2 Å². The van der Waals surface area contributed by atoms with Crippen molar-refractivity contribution in [2.75, 3.05) is 13.6 Å². The van der Waals surface area contributed by atoms with Gasteiger partial charge in [-0.25, -0.2) is 4.98 Å². The Morgan fingerprint density at radius 2 is 2.36 bits per heavy atom. The zero-order valence-electron chi connectivity index (χ0n) is 8.73. The quantitative estimate of drug-likeness (QED) is 0.728. The Labute approximate surface area is 84.1 Å². The van der Waals surface area contributed by atoms with Crippen molar-refractivity contribution in [1.82, 2.24) is 9.88 Å². The van der Waals surface area contributed by atoms with Gasteiger partial charge in [0, 0.05) is 12.6 Å². The summed E-state index contributed by atoms with van der Waals surface area (Å²) in [7, 11) is 2.07. The molecule has 0 radical (unpaired) electrons. The van der Waals surface area contributed by atoms with Crippen LogP contribution in [0.2, 0.25) is 0 Å². The summed E-state index contributed by atoms with van der Waals surface area (Å²) < 4.78 is 5.42. The van der Waals surface area contributed by atoms with Gasteiger partial charge in [0.25, 0.3) is 0 Å². The summed E-state index contributed by atoms with van der Waals surface area (Å²) >= 11 is 0. The molecule has 1 aliphatic heterocycles. The van der Waals surface area contributed by atoms with Crippen molar-refractivity contribution in [3.63, 3.8) is 0 Å². The minimum Gasteiger partial charge on any atom is -0.447 e. The molecule has 2 heterocycles. The molecule has 0 spiro atoms. The number of likely N-dealkylation sites (tertiary alicyclic amines) is 1. The first-order valence-electron chi connectivity index (χ1n) is 5.04. The van der Waals surface area contributed by atoms with Crippen molar-refractivity contribution >= 4 is 0 Å². The topological polar surface area (TPSA) is 55.3 Å². The second-order valence-electron chi connectivity index (χ2n) is 4.12. The van der Waals surface area contributed by atoms with E-state index in [0.717, 1.165) is 31.0 Å². The predicted molar refractivity (Wildman–Crippen MR) is 53.8 cm³/mol. The Morgan fingerprint density at radius 1 is 1.57 bits per heavy atom. The zero-order chi connectivity index (χ0) is 10.1. The van der Waals surface area contributed by atoms with Crippen molar-refractivity contribution in [1.29, 1.82) is 0 Å². The van der Waals surface area contributed by atoms with Crippen LogP contribution in [0.25, 0.3) is 0 Å². The van der Waals surface area contributed by atoms with Gasteiger partial charge >= 0.3 is 0 Å². The lowest BCUT2D eigenvalue weighted by Crippen LogP contribution is -2.42. The van der Waals surface area contributed by atoms with E-state index >= 15 is 0 Å². The molecule has 2 atom stereocenters. The molecule has 1 aliphatic rings. The molecule has 4 heteroatoms. The third kappa shape index (κ3) is 1.81. The second-order valence-corrected chi connectivity index (χ2v) is 4.12. The van der Waals surface area contributed by atoms with E-state index in [1.54, 1.807) is 6.26 Å². The average molecular weight is 195 g/mol. The van der Waals surface area contributed by atoms with Gasteiger partial charge in [-0.3, -0.25) is 4.90 Å². The lowest BCUT2D eigenvalue weighted by Gasteiger charge is -2.33. The Hall–Kier alpha value is -0.870. The molecule has 2 rings (SSSR count). The van der Waals surface area contributed by atoms with Gasteiger partial charge < -0.3 is 10.2 Å². The van der Waals surface area contributed by atoms with Gasteiger partial charge in [-0.15, -0.1) is 0 Å². The molecule has 4 nitrogen and oxygen atoms in total. The molecule has 78 valence electrons. The summed E-state index contributed by atoms with van der Waals surface area (Å²) in [5.74, 6) is 0.830. The number of likely N-dealkylation sites (N-methyl/N-ethyl adjacent to an activating group) is 1. The van der Waals surface area contributed by atoms with Crippen LogP contribution in [0.1, 0.15) is 30.5 Å². The molecular weight excluding hydrogens is 178 g/mol. The molecule has 0 bridgehead atoms. The third-order valence-electron chi connectivity index (χ3n) is 2.79. The SMILES string of the molecule is Cc1coc(C2CCC(N)CN2C)n1. The van der Waals surface area contributed by atoms with Gasteiger partial charge in [0.2, 0.25) is 5.89 Å². The maximum Gasteiger partial charge on any atom is 0.211 e. The number of nitrogens with zero attached hydrogens (tertiary/aromatic N) is 2. The zero-order valence-corrected chi connectivity index (χ0v) is 8.73. The number of aryl methyl sites for hydroxylation is 1. The predicted octanol–water partition coefficient (Wildman–Crippen LogP) is 1.08. The number of piperidine rings is 1. The van der Waals surface area contributed by atoms with Crippen molar-refractivity contribution in [2.45, 2.75) is 31.8 Å². The fraction of sp³-hybridized carbons (Fsp3) is 0.700. The summed E-state index contributed by atoms with van der Waals surface area (Å²) in [5, 5.41) is 0. The van der Waals surface area contributed by atoms with Gasteiger partial charge in [-0.05, 0) is 26.8 Å². The van der Waals surface area contributed by atoms with E-state index in [1.165, 1.54) is 0 Å². The lowest BCUT2D eigenvalue weighted by molar-refractivity contribution is 0.144. The van der Waals surface area contributed by atoms with Crippen molar-refractivity contribution in [3.8, 4) is 0 Å². The van der Waals surface area contributed by atoms with Crippen LogP contribution in [0.5, 0.6) is 0 Å². The fourth-order valence-corrected chi connectivity index (χ4v) is 2.02. The van der Waals surface area contributed by atoms with E-state index in [2.05, 4.69) is 16.9 Å². The van der Waals surface area contributed by atoms with Crippen LogP contribution in [0.4, 0.5) is 0 Å². The third-order valence-corrected chi connectivity index (χ3v) is 2.79. The maximum absolute atomic E-state index is 5.88. The number of aromatic nitrogens is 1. The van der Waals surface area contributed by atoms with Crippen molar-refractivity contribution < 1.29 is 4.42 Å². The van der Waals surface area contributed by atoms with E-state index in [-0.39, 0.29) is 0 Å². The summed E-state index contributed by atoms with van der Waals surface area (Å²) in [4.78, 5) is 6.58. The number of nitrogens with two attached hydrogens (primary N) is 1. The van der Waals surface area contributed by atoms with Crippen LogP contribution in [0.15, 0.2) is 10.7 Å².